The molecule has 0 unspecified atom stereocenters. The van der Waals surface area contributed by atoms with E-state index in [0.29, 0.717) is 5.75 Å². The van der Waals surface area contributed by atoms with E-state index in [-0.39, 0.29) is 18.0 Å². The Morgan fingerprint density at radius 1 is 1.00 bits per heavy atom. The van der Waals surface area contributed by atoms with E-state index in [2.05, 4.69) is 4.72 Å². The van der Waals surface area contributed by atoms with Crippen LogP contribution in [-0.2, 0) is 23.2 Å². The van der Waals surface area contributed by atoms with Crippen molar-refractivity contribution >= 4 is 10.0 Å². The molecule has 2 rings (SSSR count). The second-order valence-electron chi connectivity index (χ2n) is 4.47. The van der Waals surface area contributed by atoms with Crippen LogP contribution in [0.15, 0.2) is 53.4 Å². The van der Waals surface area contributed by atoms with Crippen LogP contribution in [0.4, 0.5) is 0 Å². The molecule has 0 aliphatic carbocycles. The van der Waals surface area contributed by atoms with Gasteiger partial charge in [0.05, 0.1) is 18.6 Å². The van der Waals surface area contributed by atoms with Crippen molar-refractivity contribution in [1.29, 1.82) is 0 Å². The fraction of sp³-hybridized carbons (Fsp3) is 0.200. The maximum absolute atomic E-state index is 12.1. The van der Waals surface area contributed by atoms with Crippen molar-refractivity contribution < 1.29 is 18.3 Å². The number of aliphatic hydroxyl groups is 1. The highest BCUT2D eigenvalue weighted by Crippen LogP contribution is 2.15. The van der Waals surface area contributed by atoms with Gasteiger partial charge in [0.25, 0.3) is 0 Å². The highest BCUT2D eigenvalue weighted by molar-refractivity contribution is 7.89. The van der Waals surface area contributed by atoms with Crippen molar-refractivity contribution in [1.82, 2.24) is 4.72 Å². The zero-order valence-corrected chi connectivity index (χ0v) is 12.4. The molecule has 0 heterocycles. The van der Waals surface area contributed by atoms with E-state index in [0.717, 1.165) is 11.1 Å². The molecular formula is C15H17NO4S. The number of nitrogens with one attached hydrogen (secondary N) is 1. The summed E-state index contributed by atoms with van der Waals surface area (Å²) in [6.45, 7) is 0.165. The standard InChI is InChI=1S/C15H17NO4S/c1-20-14-6-8-15(9-7-14)21(18,19)16-10-12-2-4-13(11-17)5-3-12/h2-9,16-17H,10-11H2,1H3. The Morgan fingerprint density at radius 2 is 1.57 bits per heavy atom. The molecule has 0 spiro atoms. The SMILES string of the molecule is COc1ccc(S(=O)(=O)NCc2ccc(CO)cc2)cc1. The first-order valence-electron chi connectivity index (χ1n) is 6.37. The molecule has 0 saturated carbocycles. The molecule has 0 aromatic heterocycles. The van der Waals surface area contributed by atoms with Crippen LogP contribution in [0, 0.1) is 0 Å². The average Bonchev–Trinajstić information content (AvgIpc) is 2.53. The smallest absolute Gasteiger partial charge is 0.240 e. The first-order chi connectivity index (χ1) is 10.0. The highest BCUT2D eigenvalue weighted by atomic mass is 32.2. The topological polar surface area (TPSA) is 75.6 Å². The van der Waals surface area contributed by atoms with Gasteiger partial charge in [0.1, 0.15) is 5.75 Å². The number of hydrogen-bond acceptors (Lipinski definition) is 4. The minimum Gasteiger partial charge on any atom is -0.497 e. The van der Waals surface area contributed by atoms with Crippen molar-refractivity contribution in [2.45, 2.75) is 18.0 Å². The van der Waals surface area contributed by atoms with Crippen LogP contribution < -0.4 is 9.46 Å². The van der Waals surface area contributed by atoms with E-state index in [9.17, 15) is 8.42 Å². The molecule has 0 aliphatic rings. The monoisotopic (exact) mass is 307 g/mol. The highest BCUT2D eigenvalue weighted by Gasteiger charge is 2.13. The van der Waals surface area contributed by atoms with Crippen LogP contribution in [0.2, 0.25) is 0 Å². The molecule has 0 atom stereocenters. The average molecular weight is 307 g/mol. The summed E-state index contributed by atoms with van der Waals surface area (Å²) in [4.78, 5) is 0.190. The molecule has 0 aliphatic heterocycles. The van der Waals surface area contributed by atoms with Crippen LogP contribution in [0.1, 0.15) is 11.1 Å². The number of ether oxygens (including phenoxy) is 1. The summed E-state index contributed by atoms with van der Waals surface area (Å²) in [7, 11) is -2.03. The summed E-state index contributed by atoms with van der Waals surface area (Å²) in [6, 6.07) is 13.3. The Hall–Kier alpha value is -1.89. The summed E-state index contributed by atoms with van der Waals surface area (Å²) in [5, 5.41) is 8.96. The summed E-state index contributed by atoms with van der Waals surface area (Å²) < 4.78 is 31.8. The Labute approximate surface area is 124 Å². The van der Waals surface area contributed by atoms with Gasteiger partial charge in [-0.2, -0.15) is 0 Å². The van der Waals surface area contributed by atoms with Gasteiger partial charge in [-0.3, -0.25) is 0 Å². The van der Waals surface area contributed by atoms with E-state index in [1.54, 1.807) is 36.4 Å². The first-order valence-corrected chi connectivity index (χ1v) is 7.86. The van der Waals surface area contributed by atoms with Gasteiger partial charge < -0.3 is 9.84 Å². The van der Waals surface area contributed by atoms with Crippen LogP contribution in [0.25, 0.3) is 0 Å². The Kier molecular flexibility index (Phi) is 4.95. The Morgan fingerprint density at radius 3 is 2.10 bits per heavy atom. The van der Waals surface area contributed by atoms with Gasteiger partial charge in [-0.05, 0) is 35.4 Å². The van der Waals surface area contributed by atoms with Gasteiger partial charge in [-0.1, -0.05) is 24.3 Å². The predicted molar refractivity (Wildman–Crippen MR) is 79.4 cm³/mol. The van der Waals surface area contributed by atoms with E-state index in [1.807, 2.05) is 0 Å². The van der Waals surface area contributed by atoms with Crippen LogP contribution in [0.5, 0.6) is 5.75 Å². The number of sulfonamides is 1. The molecular weight excluding hydrogens is 290 g/mol. The molecule has 21 heavy (non-hydrogen) atoms. The lowest BCUT2D eigenvalue weighted by Crippen LogP contribution is -2.23. The molecule has 0 fully saturated rings. The van der Waals surface area contributed by atoms with E-state index < -0.39 is 10.0 Å². The second-order valence-corrected chi connectivity index (χ2v) is 6.24. The minimum absolute atomic E-state index is 0.0299. The maximum atomic E-state index is 12.1. The van der Waals surface area contributed by atoms with Gasteiger partial charge >= 0.3 is 0 Å². The molecule has 6 heteroatoms. The molecule has 5 nitrogen and oxygen atoms in total. The molecule has 2 aromatic carbocycles. The van der Waals surface area contributed by atoms with Crippen molar-refractivity contribution in [3.8, 4) is 5.75 Å². The van der Waals surface area contributed by atoms with Crippen molar-refractivity contribution in [3.05, 3.63) is 59.7 Å². The number of rotatable bonds is 6. The number of aliphatic hydroxyl groups excluding tert-OH is 1. The lowest BCUT2D eigenvalue weighted by Gasteiger charge is -2.08. The van der Waals surface area contributed by atoms with E-state index in [1.165, 1.54) is 19.2 Å². The number of methoxy groups -OCH3 is 1. The molecule has 0 bridgehead atoms. The first kappa shape index (κ1) is 15.5. The summed E-state index contributed by atoms with van der Waals surface area (Å²) in [5.41, 5.74) is 1.61. The lowest BCUT2D eigenvalue weighted by molar-refractivity contribution is 0.282. The molecule has 2 N–H and O–H groups in total. The lowest BCUT2D eigenvalue weighted by atomic mass is 10.1. The zero-order valence-electron chi connectivity index (χ0n) is 11.6. The van der Waals surface area contributed by atoms with Crippen LogP contribution in [0.3, 0.4) is 0 Å². The molecule has 112 valence electrons. The molecule has 2 aromatic rings. The largest absolute Gasteiger partial charge is 0.497 e. The third-order valence-electron chi connectivity index (χ3n) is 3.04. The van der Waals surface area contributed by atoms with E-state index >= 15 is 0 Å². The number of benzene rings is 2. The van der Waals surface area contributed by atoms with E-state index in [4.69, 9.17) is 9.84 Å². The summed E-state index contributed by atoms with van der Waals surface area (Å²) >= 11 is 0. The molecule has 0 radical (unpaired) electrons. The normalized spacial score (nSPS) is 11.3. The van der Waals surface area contributed by atoms with Gasteiger partial charge in [0.2, 0.25) is 10.0 Å². The Bertz CT molecular complexity index is 679. The Balaban J connectivity index is 2.05. The van der Waals surface area contributed by atoms with Crippen molar-refractivity contribution in [2.24, 2.45) is 0 Å². The third-order valence-corrected chi connectivity index (χ3v) is 4.46. The summed E-state index contributed by atoms with van der Waals surface area (Å²) in [5.74, 6) is 0.605. The van der Waals surface area contributed by atoms with Crippen molar-refractivity contribution in [3.63, 3.8) is 0 Å². The maximum Gasteiger partial charge on any atom is 0.240 e. The fourth-order valence-electron chi connectivity index (χ4n) is 1.78. The predicted octanol–water partition coefficient (Wildman–Crippen LogP) is 1.67. The second kappa shape index (κ2) is 6.71. The summed E-state index contributed by atoms with van der Waals surface area (Å²) in [6.07, 6.45) is 0. The van der Waals surface area contributed by atoms with Crippen LogP contribution in [-0.4, -0.2) is 20.6 Å². The fourth-order valence-corrected chi connectivity index (χ4v) is 2.80. The molecule has 0 amide bonds. The van der Waals surface area contributed by atoms with Gasteiger partial charge in [-0.15, -0.1) is 0 Å². The number of hydrogen-bond donors (Lipinski definition) is 2. The van der Waals surface area contributed by atoms with Gasteiger partial charge in [0.15, 0.2) is 0 Å². The molecule has 0 saturated heterocycles. The van der Waals surface area contributed by atoms with Gasteiger partial charge in [0, 0.05) is 6.54 Å². The quantitative estimate of drug-likeness (QED) is 0.851. The zero-order chi connectivity index (χ0) is 15.3. The van der Waals surface area contributed by atoms with Crippen LogP contribution >= 0.6 is 0 Å². The van der Waals surface area contributed by atoms with Crippen molar-refractivity contribution in [2.75, 3.05) is 7.11 Å². The minimum atomic E-state index is -3.55. The third kappa shape index (κ3) is 4.04. The van der Waals surface area contributed by atoms with Gasteiger partial charge in [-0.25, -0.2) is 13.1 Å².